The second-order valence-corrected chi connectivity index (χ2v) is 4.83. The third kappa shape index (κ3) is 3.11. The average Bonchev–Trinajstić information content (AvgIpc) is 2.96. The van der Waals surface area contributed by atoms with Crippen LogP contribution in [0.2, 0.25) is 0 Å². The molecule has 1 atom stereocenters. The number of furan rings is 1. The summed E-state index contributed by atoms with van der Waals surface area (Å²) in [5.41, 5.74) is 0. The molecule has 0 bridgehead atoms. The standard InChI is InChI=1S/C14H23NO/c1-2-15-14(12-6-3-4-7-12)10-9-13-8-5-11-16-13/h5,8,11-12,14-15H,2-4,6-7,9-10H2,1H3. The Morgan fingerprint density at radius 2 is 2.25 bits per heavy atom. The lowest BCUT2D eigenvalue weighted by atomic mass is 9.93. The molecule has 2 nitrogen and oxygen atoms in total. The molecule has 90 valence electrons. The molecule has 2 rings (SSSR count). The molecule has 0 aliphatic heterocycles. The van der Waals surface area contributed by atoms with E-state index in [0.29, 0.717) is 6.04 Å². The van der Waals surface area contributed by atoms with E-state index in [1.165, 1.54) is 32.1 Å². The minimum absolute atomic E-state index is 0.692. The normalized spacial score (nSPS) is 19.1. The Kier molecular flexibility index (Phi) is 4.46. The van der Waals surface area contributed by atoms with E-state index in [1.807, 2.05) is 6.07 Å². The highest BCUT2D eigenvalue weighted by molar-refractivity contribution is 4.99. The average molecular weight is 221 g/mol. The Morgan fingerprint density at radius 1 is 1.44 bits per heavy atom. The molecule has 0 spiro atoms. The van der Waals surface area contributed by atoms with Crippen LogP contribution in [-0.4, -0.2) is 12.6 Å². The fraction of sp³-hybridized carbons (Fsp3) is 0.714. The SMILES string of the molecule is CCNC(CCc1ccco1)C1CCCC1. The Balaban J connectivity index is 1.82. The van der Waals surface area contributed by atoms with E-state index in [0.717, 1.165) is 24.6 Å². The highest BCUT2D eigenvalue weighted by atomic mass is 16.3. The van der Waals surface area contributed by atoms with E-state index in [4.69, 9.17) is 4.42 Å². The second kappa shape index (κ2) is 6.09. The van der Waals surface area contributed by atoms with Crippen molar-refractivity contribution in [1.29, 1.82) is 0 Å². The van der Waals surface area contributed by atoms with E-state index in [9.17, 15) is 0 Å². The van der Waals surface area contributed by atoms with Crippen LogP contribution >= 0.6 is 0 Å². The van der Waals surface area contributed by atoms with Crippen molar-refractivity contribution in [2.75, 3.05) is 6.54 Å². The Morgan fingerprint density at radius 3 is 2.88 bits per heavy atom. The first-order chi connectivity index (χ1) is 7.90. The number of aryl methyl sites for hydroxylation is 1. The fourth-order valence-corrected chi connectivity index (χ4v) is 2.88. The second-order valence-electron chi connectivity index (χ2n) is 4.83. The first kappa shape index (κ1) is 11.7. The zero-order valence-electron chi connectivity index (χ0n) is 10.2. The third-order valence-corrected chi connectivity index (χ3v) is 3.72. The van der Waals surface area contributed by atoms with Gasteiger partial charge in [0, 0.05) is 12.5 Å². The lowest BCUT2D eigenvalue weighted by molar-refractivity contribution is 0.337. The zero-order valence-corrected chi connectivity index (χ0v) is 10.2. The van der Waals surface area contributed by atoms with Crippen molar-refractivity contribution >= 4 is 0 Å². The van der Waals surface area contributed by atoms with Crippen LogP contribution in [0.25, 0.3) is 0 Å². The van der Waals surface area contributed by atoms with Crippen molar-refractivity contribution in [3.05, 3.63) is 24.2 Å². The van der Waals surface area contributed by atoms with Gasteiger partial charge in [-0.25, -0.2) is 0 Å². The third-order valence-electron chi connectivity index (χ3n) is 3.72. The first-order valence-electron chi connectivity index (χ1n) is 6.66. The molecule has 1 fully saturated rings. The van der Waals surface area contributed by atoms with E-state index >= 15 is 0 Å². The van der Waals surface area contributed by atoms with Crippen LogP contribution in [0.3, 0.4) is 0 Å². The van der Waals surface area contributed by atoms with Crippen molar-refractivity contribution in [3.63, 3.8) is 0 Å². The minimum Gasteiger partial charge on any atom is -0.469 e. The molecular weight excluding hydrogens is 198 g/mol. The van der Waals surface area contributed by atoms with Crippen LogP contribution in [-0.2, 0) is 6.42 Å². The smallest absolute Gasteiger partial charge is 0.103 e. The molecule has 1 heterocycles. The van der Waals surface area contributed by atoms with Crippen LogP contribution in [0.1, 0.15) is 44.8 Å². The summed E-state index contributed by atoms with van der Waals surface area (Å²) in [6.45, 7) is 3.29. The molecule has 16 heavy (non-hydrogen) atoms. The monoisotopic (exact) mass is 221 g/mol. The number of nitrogens with one attached hydrogen (secondary N) is 1. The summed E-state index contributed by atoms with van der Waals surface area (Å²) in [5.74, 6) is 2.02. The predicted octanol–water partition coefficient (Wildman–Crippen LogP) is 3.38. The predicted molar refractivity (Wildman–Crippen MR) is 66.5 cm³/mol. The van der Waals surface area contributed by atoms with Crippen molar-refractivity contribution in [1.82, 2.24) is 5.32 Å². The van der Waals surface area contributed by atoms with Gasteiger partial charge in [0.2, 0.25) is 0 Å². The fourth-order valence-electron chi connectivity index (χ4n) is 2.88. The lowest BCUT2D eigenvalue weighted by Gasteiger charge is -2.23. The van der Waals surface area contributed by atoms with Gasteiger partial charge in [-0.1, -0.05) is 19.8 Å². The largest absolute Gasteiger partial charge is 0.469 e. The lowest BCUT2D eigenvalue weighted by Crippen LogP contribution is -2.35. The summed E-state index contributed by atoms with van der Waals surface area (Å²) in [4.78, 5) is 0. The molecule has 1 aliphatic rings. The molecule has 1 N–H and O–H groups in total. The highest BCUT2D eigenvalue weighted by Crippen LogP contribution is 2.29. The van der Waals surface area contributed by atoms with Gasteiger partial charge >= 0.3 is 0 Å². The molecule has 1 aliphatic carbocycles. The maximum absolute atomic E-state index is 5.40. The number of hydrogen-bond acceptors (Lipinski definition) is 2. The van der Waals surface area contributed by atoms with E-state index in [1.54, 1.807) is 6.26 Å². The first-order valence-corrected chi connectivity index (χ1v) is 6.66. The van der Waals surface area contributed by atoms with Gasteiger partial charge in [0.05, 0.1) is 6.26 Å². The van der Waals surface area contributed by atoms with Gasteiger partial charge in [-0.3, -0.25) is 0 Å². The van der Waals surface area contributed by atoms with Gasteiger partial charge in [0.15, 0.2) is 0 Å². The van der Waals surface area contributed by atoms with E-state index in [2.05, 4.69) is 18.3 Å². The van der Waals surface area contributed by atoms with Gasteiger partial charge in [0.25, 0.3) is 0 Å². The Hall–Kier alpha value is -0.760. The quantitative estimate of drug-likeness (QED) is 0.796. The molecule has 2 heteroatoms. The van der Waals surface area contributed by atoms with Crippen LogP contribution in [0.4, 0.5) is 0 Å². The Labute approximate surface area is 98.4 Å². The maximum Gasteiger partial charge on any atom is 0.103 e. The molecule has 1 unspecified atom stereocenters. The van der Waals surface area contributed by atoms with Crippen molar-refractivity contribution in [2.24, 2.45) is 5.92 Å². The van der Waals surface area contributed by atoms with Gasteiger partial charge in [-0.05, 0) is 43.9 Å². The summed E-state index contributed by atoms with van der Waals surface area (Å²) in [6.07, 6.45) is 9.73. The van der Waals surface area contributed by atoms with Gasteiger partial charge in [-0.15, -0.1) is 0 Å². The minimum atomic E-state index is 0.692. The molecule has 0 amide bonds. The van der Waals surface area contributed by atoms with Gasteiger partial charge in [0.1, 0.15) is 5.76 Å². The van der Waals surface area contributed by atoms with Crippen LogP contribution in [0.15, 0.2) is 22.8 Å². The van der Waals surface area contributed by atoms with E-state index in [-0.39, 0.29) is 0 Å². The van der Waals surface area contributed by atoms with Crippen molar-refractivity contribution < 1.29 is 4.42 Å². The molecule has 1 aromatic heterocycles. The molecule has 1 saturated carbocycles. The van der Waals surface area contributed by atoms with Gasteiger partial charge < -0.3 is 9.73 Å². The summed E-state index contributed by atoms with van der Waals surface area (Å²) in [5, 5.41) is 3.65. The summed E-state index contributed by atoms with van der Waals surface area (Å²) >= 11 is 0. The molecule has 1 aromatic rings. The molecular formula is C14H23NO. The zero-order chi connectivity index (χ0) is 11.2. The molecule has 0 saturated heterocycles. The molecule has 0 radical (unpaired) electrons. The van der Waals surface area contributed by atoms with Gasteiger partial charge in [-0.2, -0.15) is 0 Å². The highest BCUT2D eigenvalue weighted by Gasteiger charge is 2.24. The number of hydrogen-bond donors (Lipinski definition) is 1. The topological polar surface area (TPSA) is 25.2 Å². The van der Waals surface area contributed by atoms with E-state index < -0.39 is 0 Å². The summed E-state index contributed by atoms with van der Waals surface area (Å²) < 4.78 is 5.40. The molecule has 0 aromatic carbocycles. The van der Waals surface area contributed by atoms with Crippen molar-refractivity contribution in [2.45, 2.75) is 51.5 Å². The Bertz CT molecular complexity index is 275. The van der Waals surface area contributed by atoms with Crippen LogP contribution < -0.4 is 5.32 Å². The number of rotatable bonds is 6. The summed E-state index contributed by atoms with van der Waals surface area (Å²) in [7, 11) is 0. The maximum atomic E-state index is 5.40. The van der Waals surface area contributed by atoms with Crippen LogP contribution in [0.5, 0.6) is 0 Å². The van der Waals surface area contributed by atoms with Crippen molar-refractivity contribution in [3.8, 4) is 0 Å². The van der Waals surface area contributed by atoms with Crippen LogP contribution in [0, 0.1) is 5.92 Å². The summed E-state index contributed by atoms with van der Waals surface area (Å²) in [6, 6.07) is 4.75.